The summed E-state index contributed by atoms with van der Waals surface area (Å²) in [7, 11) is 0. The number of nitrogens with one attached hydrogen (secondary N) is 1. The van der Waals surface area contributed by atoms with Crippen LogP contribution in [-0.2, 0) is 17.6 Å². The van der Waals surface area contributed by atoms with Crippen molar-refractivity contribution in [1.29, 1.82) is 0 Å². The zero-order valence-corrected chi connectivity index (χ0v) is 19.6. The minimum absolute atomic E-state index is 0.252. The first kappa shape index (κ1) is 21.9. The number of ether oxygens (including phenoxy) is 1. The van der Waals surface area contributed by atoms with E-state index >= 15 is 0 Å². The van der Waals surface area contributed by atoms with E-state index in [1.165, 1.54) is 11.1 Å². The summed E-state index contributed by atoms with van der Waals surface area (Å²) in [5.41, 5.74) is 4.24. The minimum atomic E-state index is -0.583. The van der Waals surface area contributed by atoms with E-state index in [1.807, 2.05) is 38.4 Å². The Morgan fingerprint density at radius 2 is 2.06 bits per heavy atom. The van der Waals surface area contributed by atoms with Crippen LogP contribution in [0.1, 0.15) is 63.0 Å². The van der Waals surface area contributed by atoms with Gasteiger partial charge in [0, 0.05) is 30.9 Å². The molecule has 0 bridgehead atoms. The van der Waals surface area contributed by atoms with Crippen LogP contribution in [0.15, 0.2) is 35.4 Å². The SMILES string of the molecule is CCc1ccc(-n2nc3c(c2-n2cc[nH]c2=O)[C@H](C)N(C(=O)OC(C)(C)C)CC3)cc1C. The third-order valence-corrected chi connectivity index (χ3v) is 5.90. The van der Waals surface area contributed by atoms with E-state index in [4.69, 9.17) is 9.84 Å². The molecule has 1 aliphatic rings. The van der Waals surface area contributed by atoms with Crippen LogP contribution in [0.5, 0.6) is 0 Å². The van der Waals surface area contributed by atoms with Crippen LogP contribution in [0.3, 0.4) is 0 Å². The van der Waals surface area contributed by atoms with Gasteiger partial charge in [0.2, 0.25) is 0 Å². The van der Waals surface area contributed by atoms with Crippen molar-refractivity contribution < 1.29 is 9.53 Å². The van der Waals surface area contributed by atoms with E-state index in [1.54, 1.807) is 21.9 Å². The van der Waals surface area contributed by atoms with Crippen LogP contribution in [0.25, 0.3) is 11.5 Å². The molecular formula is C24H31N5O3. The van der Waals surface area contributed by atoms with Crippen molar-refractivity contribution in [3.63, 3.8) is 0 Å². The van der Waals surface area contributed by atoms with E-state index < -0.39 is 5.60 Å². The Kier molecular flexibility index (Phi) is 5.48. The molecule has 0 aliphatic carbocycles. The number of rotatable bonds is 3. The zero-order valence-electron chi connectivity index (χ0n) is 19.6. The molecule has 2 aromatic heterocycles. The van der Waals surface area contributed by atoms with Crippen molar-refractivity contribution in [3.8, 4) is 11.5 Å². The molecule has 0 saturated carbocycles. The summed E-state index contributed by atoms with van der Waals surface area (Å²) in [5.74, 6) is 0.649. The van der Waals surface area contributed by atoms with Crippen molar-refractivity contribution in [1.82, 2.24) is 24.2 Å². The molecule has 1 amide bonds. The maximum Gasteiger partial charge on any atom is 0.410 e. The molecule has 4 rings (SSSR count). The molecule has 0 unspecified atom stereocenters. The van der Waals surface area contributed by atoms with E-state index in [2.05, 4.69) is 31.0 Å². The second-order valence-corrected chi connectivity index (χ2v) is 9.30. The van der Waals surface area contributed by atoms with Gasteiger partial charge in [0.25, 0.3) is 0 Å². The number of aromatic nitrogens is 4. The summed E-state index contributed by atoms with van der Waals surface area (Å²) in [6.45, 7) is 12.3. The second kappa shape index (κ2) is 8.00. The molecule has 0 radical (unpaired) electrons. The molecule has 8 heteroatoms. The zero-order chi connectivity index (χ0) is 23.2. The molecular weight excluding hydrogens is 406 g/mol. The van der Waals surface area contributed by atoms with Crippen LogP contribution in [0, 0.1) is 6.92 Å². The second-order valence-electron chi connectivity index (χ2n) is 9.30. The molecule has 170 valence electrons. The number of amides is 1. The number of aryl methyl sites for hydroxylation is 2. The van der Waals surface area contributed by atoms with Crippen LogP contribution in [0.4, 0.5) is 4.79 Å². The standard InChI is InChI=1S/C24H31N5O3/c1-7-17-8-9-18(14-15(17)2)29-21(28-13-11-25-22(28)30)20-16(3)27(12-10-19(20)26-29)23(31)32-24(4,5)6/h8-9,11,13-14,16H,7,10,12H2,1-6H3,(H,25,30)/t16-/m0/s1. The molecule has 0 fully saturated rings. The number of aromatic amines is 1. The normalized spacial score (nSPS) is 16.2. The first-order valence-corrected chi connectivity index (χ1v) is 11.1. The lowest BCUT2D eigenvalue weighted by Gasteiger charge is -2.34. The van der Waals surface area contributed by atoms with E-state index in [0.717, 1.165) is 23.4 Å². The van der Waals surface area contributed by atoms with Gasteiger partial charge in [-0.05, 0) is 64.3 Å². The van der Waals surface area contributed by atoms with Gasteiger partial charge in [-0.3, -0.25) is 4.57 Å². The number of hydrogen-bond acceptors (Lipinski definition) is 4. The maximum atomic E-state index is 12.9. The molecule has 3 aromatic rings. The fraction of sp³-hybridized carbons (Fsp3) is 0.458. The molecule has 1 atom stereocenters. The molecule has 1 N–H and O–H groups in total. The topological polar surface area (TPSA) is 85.2 Å². The largest absolute Gasteiger partial charge is 0.444 e. The van der Waals surface area contributed by atoms with Crippen LogP contribution >= 0.6 is 0 Å². The third-order valence-electron chi connectivity index (χ3n) is 5.90. The number of fused-ring (bicyclic) bond motifs is 1. The molecule has 3 heterocycles. The number of hydrogen-bond donors (Lipinski definition) is 1. The number of H-pyrrole nitrogens is 1. The van der Waals surface area contributed by atoms with Gasteiger partial charge < -0.3 is 14.6 Å². The molecule has 1 aliphatic heterocycles. The summed E-state index contributed by atoms with van der Waals surface area (Å²) in [5, 5.41) is 4.90. The molecule has 0 saturated heterocycles. The lowest BCUT2D eigenvalue weighted by molar-refractivity contribution is 0.0159. The Balaban J connectivity index is 1.86. The highest BCUT2D eigenvalue weighted by Crippen LogP contribution is 2.36. The number of imidazole rings is 1. The quantitative estimate of drug-likeness (QED) is 0.669. The van der Waals surface area contributed by atoms with E-state index in [9.17, 15) is 9.59 Å². The highest BCUT2D eigenvalue weighted by Gasteiger charge is 2.36. The fourth-order valence-electron chi connectivity index (χ4n) is 4.33. The smallest absolute Gasteiger partial charge is 0.410 e. The molecule has 1 aromatic carbocycles. The Hall–Kier alpha value is -3.29. The summed E-state index contributed by atoms with van der Waals surface area (Å²) < 4.78 is 9.02. The predicted octanol–water partition coefficient (Wildman–Crippen LogP) is 4.08. The van der Waals surface area contributed by atoms with Gasteiger partial charge in [0.1, 0.15) is 11.4 Å². The van der Waals surface area contributed by atoms with Crippen molar-refractivity contribution in [2.75, 3.05) is 6.54 Å². The summed E-state index contributed by atoms with van der Waals surface area (Å²) >= 11 is 0. The van der Waals surface area contributed by atoms with Gasteiger partial charge in [-0.2, -0.15) is 5.10 Å². The fourth-order valence-corrected chi connectivity index (χ4v) is 4.33. The first-order valence-electron chi connectivity index (χ1n) is 11.1. The number of benzene rings is 1. The Labute approximate surface area is 187 Å². The Bertz CT molecular complexity index is 1210. The van der Waals surface area contributed by atoms with Crippen molar-refractivity contribution in [2.45, 2.75) is 66.0 Å². The molecule has 8 nitrogen and oxygen atoms in total. The number of carbonyl (C=O) groups excluding carboxylic acids is 1. The summed E-state index contributed by atoms with van der Waals surface area (Å²) in [6.07, 6.45) is 4.48. The minimum Gasteiger partial charge on any atom is -0.444 e. The van der Waals surface area contributed by atoms with Crippen molar-refractivity contribution >= 4 is 6.09 Å². The Morgan fingerprint density at radius 3 is 2.66 bits per heavy atom. The average Bonchev–Trinajstić information content (AvgIpc) is 3.30. The summed E-state index contributed by atoms with van der Waals surface area (Å²) in [6, 6.07) is 5.93. The van der Waals surface area contributed by atoms with Gasteiger partial charge in [-0.1, -0.05) is 13.0 Å². The van der Waals surface area contributed by atoms with Gasteiger partial charge in [-0.15, -0.1) is 0 Å². The van der Waals surface area contributed by atoms with Crippen LogP contribution in [-0.4, -0.2) is 42.5 Å². The van der Waals surface area contributed by atoms with Gasteiger partial charge >= 0.3 is 11.8 Å². The van der Waals surface area contributed by atoms with Crippen LogP contribution < -0.4 is 5.69 Å². The average molecular weight is 438 g/mol. The molecule has 32 heavy (non-hydrogen) atoms. The third kappa shape index (κ3) is 3.85. The highest BCUT2D eigenvalue weighted by molar-refractivity contribution is 5.70. The first-order chi connectivity index (χ1) is 15.1. The van der Waals surface area contributed by atoms with Crippen molar-refractivity contribution in [2.24, 2.45) is 0 Å². The lowest BCUT2D eigenvalue weighted by Crippen LogP contribution is -2.42. The van der Waals surface area contributed by atoms with Crippen LogP contribution in [0.2, 0.25) is 0 Å². The maximum absolute atomic E-state index is 12.9. The molecule has 0 spiro atoms. The van der Waals surface area contributed by atoms with E-state index in [-0.39, 0.29) is 17.8 Å². The number of nitrogens with zero attached hydrogens (tertiary/aromatic N) is 4. The summed E-state index contributed by atoms with van der Waals surface area (Å²) in [4.78, 5) is 29.9. The predicted molar refractivity (Wildman–Crippen MR) is 123 cm³/mol. The monoisotopic (exact) mass is 437 g/mol. The Morgan fingerprint density at radius 1 is 1.31 bits per heavy atom. The highest BCUT2D eigenvalue weighted by atomic mass is 16.6. The van der Waals surface area contributed by atoms with E-state index in [0.29, 0.717) is 18.8 Å². The van der Waals surface area contributed by atoms with Gasteiger partial charge in [0.15, 0.2) is 0 Å². The lowest BCUT2D eigenvalue weighted by atomic mass is 9.99. The van der Waals surface area contributed by atoms with Crippen molar-refractivity contribution in [3.05, 3.63) is 63.5 Å². The van der Waals surface area contributed by atoms with Gasteiger partial charge in [0.05, 0.1) is 17.4 Å². The number of carbonyl (C=O) groups is 1. The van der Waals surface area contributed by atoms with Gasteiger partial charge in [-0.25, -0.2) is 14.3 Å².